The van der Waals surface area contributed by atoms with E-state index in [-0.39, 0.29) is 6.10 Å². The molecule has 4 nitrogen and oxygen atoms in total. The smallest absolute Gasteiger partial charge is 0.324 e. The Morgan fingerprint density at radius 2 is 2.11 bits per heavy atom. The van der Waals surface area contributed by atoms with Crippen molar-refractivity contribution in [2.45, 2.75) is 69.6 Å². The summed E-state index contributed by atoms with van der Waals surface area (Å²) in [7, 11) is 1.76. The van der Waals surface area contributed by atoms with Crippen LogP contribution in [0.4, 0.5) is 0 Å². The number of rotatable bonds is 4. The second-order valence-corrected chi connectivity index (χ2v) is 5.61. The first-order chi connectivity index (χ1) is 8.65. The monoisotopic (exact) mass is 255 g/mol. The molecule has 104 valence electrons. The predicted octanol–water partition coefficient (Wildman–Crippen LogP) is 2.27. The largest absolute Gasteiger partial charge is 0.480 e. The minimum absolute atomic E-state index is 0.210. The van der Waals surface area contributed by atoms with E-state index in [9.17, 15) is 9.90 Å². The minimum Gasteiger partial charge on any atom is -0.480 e. The molecule has 1 aliphatic carbocycles. The van der Waals surface area contributed by atoms with Gasteiger partial charge in [0.15, 0.2) is 0 Å². The zero-order valence-electron chi connectivity index (χ0n) is 11.5. The molecule has 0 bridgehead atoms. The Morgan fingerprint density at radius 1 is 1.39 bits per heavy atom. The quantitative estimate of drug-likeness (QED) is 0.837. The maximum Gasteiger partial charge on any atom is 0.324 e. The lowest BCUT2D eigenvalue weighted by Gasteiger charge is -2.44. The fourth-order valence-electron chi connectivity index (χ4n) is 3.85. The van der Waals surface area contributed by atoms with Gasteiger partial charge < -0.3 is 9.84 Å². The molecule has 1 aliphatic heterocycles. The summed E-state index contributed by atoms with van der Waals surface area (Å²) in [5, 5.41) is 9.64. The summed E-state index contributed by atoms with van der Waals surface area (Å²) < 4.78 is 5.60. The van der Waals surface area contributed by atoms with E-state index in [1.54, 1.807) is 7.11 Å². The van der Waals surface area contributed by atoms with E-state index in [1.165, 1.54) is 12.8 Å². The Kier molecular flexibility index (Phi) is 4.28. The first-order valence-electron chi connectivity index (χ1n) is 7.18. The molecule has 0 aromatic carbocycles. The van der Waals surface area contributed by atoms with Gasteiger partial charge in [-0.3, -0.25) is 9.69 Å². The first kappa shape index (κ1) is 13.8. The second kappa shape index (κ2) is 5.57. The molecule has 2 fully saturated rings. The lowest BCUT2D eigenvalue weighted by atomic mass is 9.86. The van der Waals surface area contributed by atoms with Crippen molar-refractivity contribution in [3.63, 3.8) is 0 Å². The van der Waals surface area contributed by atoms with Crippen LogP contribution in [0, 0.1) is 0 Å². The molecule has 1 N–H and O–H groups in total. The van der Waals surface area contributed by atoms with Crippen LogP contribution in [0.2, 0.25) is 0 Å². The Morgan fingerprint density at radius 3 is 2.72 bits per heavy atom. The van der Waals surface area contributed by atoms with Crippen molar-refractivity contribution in [3.8, 4) is 0 Å². The number of carboxylic acid groups (broad SMARTS) is 1. The van der Waals surface area contributed by atoms with Gasteiger partial charge in [0.05, 0.1) is 6.10 Å². The average molecular weight is 255 g/mol. The Labute approximate surface area is 109 Å². The van der Waals surface area contributed by atoms with Crippen molar-refractivity contribution in [1.29, 1.82) is 0 Å². The molecule has 0 aromatic heterocycles. The first-order valence-corrected chi connectivity index (χ1v) is 7.18. The molecule has 3 atom stereocenters. The molecule has 0 aromatic rings. The molecule has 0 amide bonds. The van der Waals surface area contributed by atoms with Crippen LogP contribution in [0.5, 0.6) is 0 Å². The van der Waals surface area contributed by atoms with E-state index in [4.69, 9.17) is 4.74 Å². The maximum absolute atomic E-state index is 11.7. The van der Waals surface area contributed by atoms with E-state index in [1.807, 2.05) is 6.92 Å². The van der Waals surface area contributed by atoms with Crippen molar-refractivity contribution >= 4 is 5.97 Å². The van der Waals surface area contributed by atoms with Crippen molar-refractivity contribution in [3.05, 3.63) is 0 Å². The van der Waals surface area contributed by atoms with Crippen LogP contribution in [0.1, 0.15) is 51.9 Å². The zero-order valence-corrected chi connectivity index (χ0v) is 11.5. The number of methoxy groups -OCH3 is 1. The molecule has 1 heterocycles. The fraction of sp³-hybridized carbons (Fsp3) is 0.929. The number of carbonyl (C=O) groups is 1. The van der Waals surface area contributed by atoms with E-state index in [0.717, 1.165) is 32.2 Å². The van der Waals surface area contributed by atoms with E-state index in [2.05, 4.69) is 4.90 Å². The SMILES string of the molecule is CCC1(C(=O)O)CCCN1C1CCCCC1OC. The summed E-state index contributed by atoms with van der Waals surface area (Å²) in [5.41, 5.74) is -0.640. The topological polar surface area (TPSA) is 49.8 Å². The summed E-state index contributed by atoms with van der Waals surface area (Å²) in [5.74, 6) is -0.650. The minimum atomic E-state index is -0.650. The van der Waals surface area contributed by atoms with Gasteiger partial charge in [0.1, 0.15) is 5.54 Å². The fourth-order valence-corrected chi connectivity index (χ4v) is 3.85. The van der Waals surface area contributed by atoms with Crippen molar-refractivity contribution < 1.29 is 14.6 Å². The van der Waals surface area contributed by atoms with Crippen LogP contribution in [0.25, 0.3) is 0 Å². The van der Waals surface area contributed by atoms with Crippen LogP contribution in [0.3, 0.4) is 0 Å². The molecule has 2 aliphatic rings. The highest BCUT2D eigenvalue weighted by Gasteiger charge is 2.50. The van der Waals surface area contributed by atoms with Gasteiger partial charge in [0.25, 0.3) is 0 Å². The lowest BCUT2D eigenvalue weighted by molar-refractivity contribution is -0.154. The Bertz CT molecular complexity index is 307. The Hall–Kier alpha value is -0.610. The van der Waals surface area contributed by atoms with Gasteiger partial charge in [0, 0.05) is 13.2 Å². The highest BCUT2D eigenvalue weighted by atomic mass is 16.5. The number of ether oxygens (including phenoxy) is 1. The molecule has 3 unspecified atom stereocenters. The Balaban J connectivity index is 2.21. The number of carboxylic acids is 1. The number of hydrogen-bond acceptors (Lipinski definition) is 3. The molecule has 1 saturated carbocycles. The highest BCUT2D eigenvalue weighted by molar-refractivity contribution is 5.79. The summed E-state index contributed by atoms with van der Waals surface area (Å²) in [6, 6.07) is 0.294. The molecule has 2 rings (SSSR count). The molecule has 0 spiro atoms. The van der Waals surface area contributed by atoms with Crippen molar-refractivity contribution in [2.75, 3.05) is 13.7 Å². The van der Waals surface area contributed by atoms with Gasteiger partial charge in [0.2, 0.25) is 0 Å². The molecular weight excluding hydrogens is 230 g/mol. The van der Waals surface area contributed by atoms with Gasteiger partial charge in [-0.2, -0.15) is 0 Å². The lowest BCUT2D eigenvalue weighted by Crippen LogP contribution is -2.58. The van der Waals surface area contributed by atoms with Crippen molar-refractivity contribution in [1.82, 2.24) is 4.90 Å². The maximum atomic E-state index is 11.7. The normalized spacial score (nSPS) is 37.9. The predicted molar refractivity (Wildman–Crippen MR) is 69.7 cm³/mol. The molecule has 18 heavy (non-hydrogen) atoms. The average Bonchev–Trinajstić information content (AvgIpc) is 2.83. The van der Waals surface area contributed by atoms with Crippen LogP contribution in [0.15, 0.2) is 0 Å². The van der Waals surface area contributed by atoms with E-state index >= 15 is 0 Å². The zero-order chi connectivity index (χ0) is 13.2. The number of likely N-dealkylation sites (tertiary alicyclic amines) is 1. The highest BCUT2D eigenvalue weighted by Crippen LogP contribution is 2.39. The van der Waals surface area contributed by atoms with Crippen LogP contribution in [-0.2, 0) is 9.53 Å². The molecule has 0 radical (unpaired) electrons. The van der Waals surface area contributed by atoms with Crippen molar-refractivity contribution in [2.24, 2.45) is 0 Å². The third kappa shape index (κ3) is 2.16. The standard InChI is InChI=1S/C14H25NO3/c1-3-14(13(16)17)9-6-10-15(14)11-7-4-5-8-12(11)18-2/h11-12H,3-10H2,1-2H3,(H,16,17). The molecule has 1 saturated heterocycles. The summed E-state index contributed by atoms with van der Waals surface area (Å²) in [4.78, 5) is 14.0. The molecule has 4 heteroatoms. The summed E-state index contributed by atoms with van der Waals surface area (Å²) >= 11 is 0. The third-order valence-electron chi connectivity index (χ3n) is 4.89. The number of aliphatic carboxylic acids is 1. The van der Waals surface area contributed by atoms with Gasteiger partial charge in [-0.15, -0.1) is 0 Å². The van der Waals surface area contributed by atoms with Crippen LogP contribution < -0.4 is 0 Å². The van der Waals surface area contributed by atoms with E-state index in [0.29, 0.717) is 12.5 Å². The van der Waals surface area contributed by atoms with Crippen LogP contribution >= 0.6 is 0 Å². The van der Waals surface area contributed by atoms with Gasteiger partial charge in [-0.25, -0.2) is 0 Å². The molecular formula is C14H25NO3. The number of nitrogens with zero attached hydrogens (tertiary/aromatic N) is 1. The summed E-state index contributed by atoms with van der Waals surface area (Å²) in [6.45, 7) is 2.90. The second-order valence-electron chi connectivity index (χ2n) is 5.61. The van der Waals surface area contributed by atoms with Gasteiger partial charge in [-0.1, -0.05) is 19.8 Å². The third-order valence-corrected chi connectivity index (χ3v) is 4.89. The van der Waals surface area contributed by atoms with Gasteiger partial charge >= 0.3 is 5.97 Å². The number of hydrogen-bond donors (Lipinski definition) is 1. The van der Waals surface area contributed by atoms with Crippen LogP contribution in [-0.4, -0.2) is 47.3 Å². The summed E-state index contributed by atoms with van der Waals surface area (Å²) in [6.07, 6.45) is 7.22. The van der Waals surface area contributed by atoms with Gasteiger partial charge in [-0.05, 0) is 38.6 Å². The van der Waals surface area contributed by atoms with E-state index < -0.39 is 11.5 Å².